The topological polar surface area (TPSA) is 61.8 Å². The van der Waals surface area contributed by atoms with Crippen molar-refractivity contribution >= 4 is 309 Å². The Balaban J connectivity index is 0.701. The number of carbonyl (C=O) groups excluding carboxylic acids is 2. The lowest BCUT2D eigenvalue weighted by Gasteiger charge is -2.56. The number of benzene rings is 19. The van der Waals surface area contributed by atoms with Gasteiger partial charge in [0, 0.05) is 12.1 Å². The molecule has 1 atom stereocenters. The summed E-state index contributed by atoms with van der Waals surface area (Å²) < 4.78 is 0. The van der Waals surface area contributed by atoms with E-state index in [4.69, 9.17) is 4.99 Å². The van der Waals surface area contributed by atoms with Crippen LogP contribution >= 0.6 is 0 Å². The Labute approximate surface area is 717 Å². The minimum absolute atomic E-state index is 0.0201. The third-order valence-corrected chi connectivity index (χ3v) is 39.5. The molecule has 3 amide bonds. The van der Waals surface area contributed by atoms with Crippen LogP contribution in [0.5, 0.6) is 0 Å². The molecule has 5 heteroatoms. The normalized spacial score (nSPS) is 20.8. The highest BCUT2D eigenvalue weighted by Crippen LogP contribution is 2.87. The third kappa shape index (κ3) is 6.11. The largest absolute Gasteiger partial charge is 0.335 e. The van der Waals surface area contributed by atoms with Gasteiger partial charge in [-0.3, -0.25) is 14.7 Å². The van der Waals surface area contributed by atoms with Gasteiger partial charge in [0.15, 0.2) is 5.54 Å². The maximum atomic E-state index is 19.6. The van der Waals surface area contributed by atoms with Crippen molar-refractivity contribution in [2.24, 2.45) is 4.99 Å². The zero-order valence-electron chi connectivity index (χ0n) is 72.9. The highest BCUT2D eigenvalue weighted by atomic mass is 16.2. The molecule has 36 rings (SSSR count). The smallest absolute Gasteiger partial charge is 0.324 e. The molecule has 5 nitrogen and oxygen atoms in total. The molecule has 0 saturated heterocycles. The molecule has 606 valence electrons. The number of aryl methyl sites for hydroxylation is 2. The van der Waals surface area contributed by atoms with Crippen molar-refractivity contribution in [2.45, 2.75) is 332 Å². The molecule has 6 aliphatic carbocycles. The molecule has 1 heterocycles. The molecule has 29 aromatic carbocycles. The summed E-state index contributed by atoms with van der Waals surface area (Å²) in [5.41, 5.74) is 9.72. The predicted octanol–water partition coefficient (Wildman–Crippen LogP) is 34.1. The third-order valence-electron chi connectivity index (χ3n) is 39.5. The highest BCUT2D eigenvalue weighted by molar-refractivity contribution is 6.82. The Morgan fingerprint density at radius 1 is 0.298 bits per heavy atom. The van der Waals surface area contributed by atoms with Gasteiger partial charge in [0.2, 0.25) is 0 Å². The van der Waals surface area contributed by atoms with E-state index in [1.165, 1.54) is 276 Å². The second kappa shape index (κ2) is 21.2. The fraction of sp³-hybridized carbons (Fsp3) is 0.437. The van der Waals surface area contributed by atoms with E-state index >= 15 is 9.59 Å². The van der Waals surface area contributed by atoms with Crippen molar-refractivity contribution in [1.82, 2.24) is 10.2 Å². The summed E-state index contributed by atoms with van der Waals surface area (Å²) in [5.74, 6) is -0.0201. The summed E-state index contributed by atoms with van der Waals surface area (Å²) in [6.07, 6.45) is 53.4. The molecule has 7 aliphatic rings. The number of carbonyl (C=O) groups is 2. The first kappa shape index (κ1) is 66.7. The van der Waals surface area contributed by atoms with Crippen molar-refractivity contribution in [1.29, 1.82) is 0 Å². The molecule has 29 aromatic rings. The van der Waals surface area contributed by atoms with Gasteiger partial charge < -0.3 is 5.32 Å². The Kier molecular flexibility index (Phi) is 11.4. The number of urea groups is 1. The number of rotatable bonds is 37. The summed E-state index contributed by atoms with van der Waals surface area (Å²) in [7, 11) is 0. The second-order valence-electron chi connectivity index (χ2n) is 44.6. The van der Waals surface area contributed by atoms with E-state index in [1.807, 2.05) is 4.90 Å². The van der Waals surface area contributed by atoms with Crippen molar-refractivity contribution in [3.05, 3.63) is 56.6 Å². The Morgan fingerprint density at radius 3 is 0.806 bits per heavy atom. The van der Waals surface area contributed by atoms with Crippen LogP contribution in [0.25, 0.3) is 291 Å². The molecule has 124 heavy (non-hydrogen) atoms. The Bertz CT molecular complexity index is 8820. The minimum Gasteiger partial charge on any atom is -0.335 e. The number of amides is 3. The standard InChI is InChI=1S/C119H103N3O2/c1-5-8-11-14-17-20-23-26-29-34-41-50-48-52(49-51(42-35-30-27-24-21-18-15-12-9-6-2)55(50)47-40-31-28-25-22-19-16-13-10-7-3)114-118-110-102-94-84-74-66-58-56-57-60-64-62(58)70-78-72(64)82-76-68(60)69-61(57)65-63-59(56)67(66)75-81-71(63)79-73(65)83-77(69)87-86(76)98-92(82)100-90(78)96(88(94)80(70)74)104(110)106(100)112-108(98)109-99(87)93(83)101-91(79)97-89(81)95(85(75)84)103(102)111(118)105(97)107(101)113(109)119(112,118)117(4,121-114)115(123)122(54-45-38-33-39-46-54)116(124)120-53-43-36-32-37-44-53/h48-49,53-54H,5-47H2,1-4H3,(H,120,124)/t117-,118?,119?/m0/s1. The molecule has 0 bridgehead atoms. The maximum absolute atomic E-state index is 19.6. The van der Waals surface area contributed by atoms with Gasteiger partial charge in [0.25, 0.3) is 5.91 Å². The highest BCUT2D eigenvalue weighted by Gasteiger charge is 2.82. The molecule has 0 aromatic heterocycles. The predicted molar refractivity (Wildman–Crippen MR) is 531 cm³/mol. The van der Waals surface area contributed by atoms with E-state index in [1.54, 1.807) is 264 Å². The summed E-state index contributed by atoms with van der Waals surface area (Å²) in [6.45, 7) is 9.54. The van der Waals surface area contributed by atoms with Crippen LogP contribution in [0.1, 0.15) is 329 Å². The van der Waals surface area contributed by atoms with E-state index in [0.717, 1.165) is 77.0 Å². The summed E-state index contributed by atoms with van der Waals surface area (Å²) >= 11 is 0. The molecular weight excluding hydrogens is 1500 g/mol. The number of imide groups is 1. The Hall–Kier alpha value is -9.71. The lowest BCUT2D eigenvalue weighted by atomic mass is 9.43. The molecule has 0 unspecified atom stereocenters. The molecule has 2 saturated carbocycles. The van der Waals surface area contributed by atoms with Gasteiger partial charge in [-0.2, -0.15) is 0 Å². The number of nitrogens with one attached hydrogen (secondary N) is 1. The molecule has 1 N–H and O–H groups in total. The van der Waals surface area contributed by atoms with E-state index in [-0.39, 0.29) is 24.0 Å². The van der Waals surface area contributed by atoms with Gasteiger partial charge in [-0.1, -0.05) is 233 Å². The summed E-state index contributed by atoms with van der Waals surface area (Å²) in [6, 6.07) is 5.38. The van der Waals surface area contributed by atoms with E-state index in [9.17, 15) is 0 Å². The SMILES string of the molecule is CCCCCCCCCCCCc1cc(C2=N[C@@](C)(C(=O)N(C(=O)NC3CCCCC3)C3CCCCC3)C34c5c6c7c8c9c%10c(c%11c%12c3c3c5c5c%13c6c6c7c7c9c9c%14c%10c%10c%11c%11c%12c%12c3c3c5c5c%13c%13c6c6c7c9c7c9c%14c%10c%10c%11c%11c%12c3c3c5c5c%13c6c7c6c9c%10c%11c3c56)C284)cc(CCCCCCCCCCCC)c1CCCCCCCCCCCC. The number of hydrogen-bond donors (Lipinski definition) is 1. The molecule has 0 radical (unpaired) electrons. The number of nitrogens with zero attached hydrogens (tertiary/aromatic N) is 2. The van der Waals surface area contributed by atoms with Crippen LogP contribution in [0.4, 0.5) is 4.79 Å². The first-order chi connectivity index (χ1) is 61.4. The van der Waals surface area contributed by atoms with Crippen LogP contribution < -0.4 is 5.32 Å². The van der Waals surface area contributed by atoms with Crippen LogP contribution in [0.2, 0.25) is 0 Å². The lowest BCUT2D eigenvalue weighted by molar-refractivity contribution is -0.137. The summed E-state index contributed by atoms with van der Waals surface area (Å²) in [4.78, 5) is 46.0. The second-order valence-corrected chi connectivity index (χ2v) is 44.6. The van der Waals surface area contributed by atoms with Crippen LogP contribution in [0.3, 0.4) is 0 Å². The van der Waals surface area contributed by atoms with Gasteiger partial charge >= 0.3 is 6.03 Å². The lowest BCUT2D eigenvalue weighted by Crippen LogP contribution is -2.68. The number of aliphatic imine (C=N–C) groups is 1. The first-order valence-corrected chi connectivity index (χ1v) is 51.6. The van der Waals surface area contributed by atoms with Gasteiger partial charge in [-0.25, -0.2) is 4.79 Å². The zero-order valence-corrected chi connectivity index (χ0v) is 72.9. The van der Waals surface area contributed by atoms with Gasteiger partial charge in [-0.05, 0) is 419 Å². The number of unbranched alkanes of at least 4 members (excludes halogenated alkanes) is 27. The molecule has 2 fully saturated rings. The van der Waals surface area contributed by atoms with E-state index < -0.39 is 16.4 Å². The summed E-state index contributed by atoms with van der Waals surface area (Å²) in [5, 5.41) is 88.7. The fourth-order valence-electron chi connectivity index (χ4n) is 36.0. The quantitative estimate of drug-likeness (QED) is 0.0312. The van der Waals surface area contributed by atoms with Crippen molar-refractivity contribution in [2.75, 3.05) is 0 Å². The van der Waals surface area contributed by atoms with Crippen molar-refractivity contribution < 1.29 is 9.59 Å². The van der Waals surface area contributed by atoms with E-state index in [2.05, 4.69) is 45.1 Å². The minimum atomic E-state index is -1.52. The van der Waals surface area contributed by atoms with E-state index in [0.29, 0.717) is 0 Å². The van der Waals surface area contributed by atoms with Crippen LogP contribution in [0.15, 0.2) is 17.1 Å². The number of hydrogen-bond acceptors (Lipinski definition) is 3. The van der Waals surface area contributed by atoms with Crippen molar-refractivity contribution in [3.8, 4) is 0 Å². The fourth-order valence-corrected chi connectivity index (χ4v) is 36.0. The average Bonchev–Trinajstić information content (AvgIpc) is 1.37. The molecule has 1 aliphatic heterocycles. The van der Waals surface area contributed by atoms with Gasteiger partial charge in [0.1, 0.15) is 0 Å². The Morgan fingerprint density at radius 2 is 0.532 bits per heavy atom. The van der Waals surface area contributed by atoms with Crippen LogP contribution in [0, 0.1) is 0 Å². The molecule has 2 spiro atoms. The van der Waals surface area contributed by atoms with Gasteiger partial charge in [0.05, 0.1) is 16.5 Å². The van der Waals surface area contributed by atoms with Gasteiger partial charge in [-0.15, -0.1) is 0 Å². The van der Waals surface area contributed by atoms with Crippen molar-refractivity contribution in [3.63, 3.8) is 0 Å². The monoisotopic (exact) mass is 1610 g/mol. The zero-order chi connectivity index (χ0) is 80.0. The first-order valence-electron chi connectivity index (χ1n) is 51.6. The van der Waals surface area contributed by atoms with Crippen LogP contribution in [-0.4, -0.2) is 40.2 Å². The van der Waals surface area contributed by atoms with Crippen LogP contribution in [-0.2, 0) is 34.9 Å². The average molecular weight is 1610 g/mol. The molecular formula is C119H103N3O2. The maximum Gasteiger partial charge on any atom is 0.324 e.